The summed E-state index contributed by atoms with van der Waals surface area (Å²) in [5, 5.41) is 7.26. The summed E-state index contributed by atoms with van der Waals surface area (Å²) in [5.74, 6) is 0.100. The van der Waals surface area contributed by atoms with Gasteiger partial charge in [-0.05, 0) is 5.92 Å². The lowest BCUT2D eigenvalue weighted by Gasteiger charge is -2.31. The normalized spacial score (nSPS) is 22.9. The second kappa shape index (κ2) is 5.76. The zero-order valence-corrected chi connectivity index (χ0v) is 11.0. The minimum Gasteiger partial charge on any atom is -0.385 e. The van der Waals surface area contributed by atoms with Gasteiger partial charge in [0.05, 0.1) is 6.61 Å². The lowest BCUT2D eigenvalue weighted by molar-refractivity contribution is 0.0363. The molecule has 0 bridgehead atoms. The van der Waals surface area contributed by atoms with Gasteiger partial charge in [0.1, 0.15) is 11.9 Å². The second-order valence-corrected chi connectivity index (χ2v) is 6.18. The molecule has 1 atom stereocenters. The molecular weight excluding hydrogens is 244 g/mol. The predicted molar refractivity (Wildman–Crippen MR) is 65.0 cm³/mol. The summed E-state index contributed by atoms with van der Waals surface area (Å²) in [6.07, 6.45) is -0.639. The van der Waals surface area contributed by atoms with Gasteiger partial charge in [-0.2, -0.15) is 12.7 Å². The van der Waals surface area contributed by atoms with E-state index >= 15 is 0 Å². The van der Waals surface area contributed by atoms with Gasteiger partial charge in [0, 0.05) is 19.6 Å². The molecule has 0 radical (unpaired) electrons. The number of nitrogens with one attached hydrogen (secondary N) is 2. The summed E-state index contributed by atoms with van der Waals surface area (Å²) in [5.41, 5.74) is 5.31. The van der Waals surface area contributed by atoms with E-state index in [9.17, 15) is 8.42 Å². The lowest BCUT2D eigenvalue weighted by atomic mass is 10.2. The molecule has 4 N–H and O–H groups in total. The molecule has 1 aliphatic heterocycles. The molecule has 1 fully saturated rings. The Morgan fingerprint density at radius 2 is 2.29 bits per heavy atom. The molecule has 7 nitrogen and oxygen atoms in total. The van der Waals surface area contributed by atoms with Crippen LogP contribution < -0.4 is 10.5 Å². The van der Waals surface area contributed by atoms with Crippen molar-refractivity contribution in [3.05, 3.63) is 0 Å². The van der Waals surface area contributed by atoms with Crippen molar-refractivity contribution in [1.29, 1.82) is 5.41 Å². The Labute approximate surface area is 102 Å². The highest BCUT2D eigenvalue weighted by atomic mass is 32.2. The van der Waals surface area contributed by atoms with Crippen molar-refractivity contribution < 1.29 is 13.2 Å². The van der Waals surface area contributed by atoms with Crippen LogP contribution in [0.2, 0.25) is 0 Å². The fourth-order valence-corrected chi connectivity index (χ4v) is 2.77. The third-order valence-corrected chi connectivity index (χ3v) is 3.93. The lowest BCUT2D eigenvalue weighted by Crippen LogP contribution is -2.53. The Hall–Kier alpha value is -0.700. The molecule has 100 valence electrons. The molecule has 0 aliphatic carbocycles. The maximum absolute atomic E-state index is 11.9. The quantitative estimate of drug-likeness (QED) is 0.442. The number of rotatable bonds is 5. The highest BCUT2D eigenvalue weighted by Gasteiger charge is 2.30. The Morgan fingerprint density at radius 1 is 1.65 bits per heavy atom. The van der Waals surface area contributed by atoms with Crippen LogP contribution in [0.5, 0.6) is 0 Å². The molecule has 1 aliphatic rings. The van der Waals surface area contributed by atoms with E-state index in [4.69, 9.17) is 15.9 Å². The van der Waals surface area contributed by atoms with Gasteiger partial charge in [-0.1, -0.05) is 13.8 Å². The first kappa shape index (κ1) is 14.4. The van der Waals surface area contributed by atoms with Gasteiger partial charge in [0.2, 0.25) is 0 Å². The molecule has 0 saturated carbocycles. The van der Waals surface area contributed by atoms with E-state index in [-0.39, 0.29) is 31.4 Å². The summed E-state index contributed by atoms with van der Waals surface area (Å²) in [4.78, 5) is 0. The maximum atomic E-state index is 11.9. The van der Waals surface area contributed by atoms with Crippen molar-refractivity contribution in [1.82, 2.24) is 9.03 Å². The number of nitrogens with zero attached hydrogens (tertiary/aromatic N) is 1. The van der Waals surface area contributed by atoms with Crippen molar-refractivity contribution in [3.63, 3.8) is 0 Å². The molecule has 0 spiro atoms. The van der Waals surface area contributed by atoms with Crippen LogP contribution in [-0.2, 0) is 14.9 Å². The van der Waals surface area contributed by atoms with Crippen molar-refractivity contribution in [3.8, 4) is 0 Å². The summed E-state index contributed by atoms with van der Waals surface area (Å²) >= 11 is 0. The average Bonchev–Trinajstić information content (AvgIpc) is 2.27. The molecule has 0 aromatic carbocycles. The average molecular weight is 264 g/mol. The Morgan fingerprint density at radius 3 is 2.82 bits per heavy atom. The summed E-state index contributed by atoms with van der Waals surface area (Å²) in [6, 6.07) is 0. The monoisotopic (exact) mass is 264 g/mol. The van der Waals surface area contributed by atoms with Gasteiger partial charge in [-0.15, -0.1) is 0 Å². The van der Waals surface area contributed by atoms with Crippen molar-refractivity contribution in [2.45, 2.75) is 20.0 Å². The molecule has 8 heteroatoms. The van der Waals surface area contributed by atoms with Crippen LogP contribution in [0.15, 0.2) is 0 Å². The maximum Gasteiger partial charge on any atom is 0.279 e. The molecule has 0 amide bonds. The first-order valence-corrected chi connectivity index (χ1v) is 6.97. The Kier molecular flexibility index (Phi) is 4.87. The number of ether oxygens (including phenoxy) is 1. The molecule has 1 rings (SSSR count). The van der Waals surface area contributed by atoms with Crippen LogP contribution in [0.4, 0.5) is 0 Å². The van der Waals surface area contributed by atoms with Crippen molar-refractivity contribution in [2.75, 3.05) is 26.2 Å². The smallest absolute Gasteiger partial charge is 0.279 e. The first-order chi connectivity index (χ1) is 7.83. The third-order valence-electron chi connectivity index (χ3n) is 2.39. The molecule has 1 unspecified atom stereocenters. The summed E-state index contributed by atoms with van der Waals surface area (Å²) in [6.45, 7) is 4.90. The van der Waals surface area contributed by atoms with Gasteiger partial charge in [0.15, 0.2) is 0 Å². The molecular formula is C9H20N4O3S. The highest BCUT2D eigenvalue weighted by molar-refractivity contribution is 7.87. The third kappa shape index (κ3) is 4.23. The second-order valence-electron chi connectivity index (χ2n) is 4.42. The number of morpholine rings is 1. The van der Waals surface area contributed by atoms with Gasteiger partial charge in [0.25, 0.3) is 10.2 Å². The zero-order valence-electron chi connectivity index (χ0n) is 10.1. The highest BCUT2D eigenvalue weighted by Crippen LogP contribution is 2.09. The van der Waals surface area contributed by atoms with Crippen molar-refractivity contribution >= 4 is 16.0 Å². The fourth-order valence-electron chi connectivity index (χ4n) is 1.40. The standard InChI is InChI=1S/C9H20N4O3S/c1-7(2)5-12-17(14,15)13-3-4-16-8(6-13)9(10)11/h7-8,12H,3-6H2,1-2H3,(H3,10,11). The largest absolute Gasteiger partial charge is 0.385 e. The topological polar surface area (TPSA) is 109 Å². The molecule has 0 aromatic heterocycles. The summed E-state index contributed by atoms with van der Waals surface area (Å²) < 4.78 is 32.8. The predicted octanol–water partition coefficient (Wildman–Crippen LogP) is -0.886. The minimum atomic E-state index is -3.49. The van der Waals surface area contributed by atoms with Crippen LogP contribution >= 0.6 is 0 Å². The van der Waals surface area contributed by atoms with E-state index < -0.39 is 16.3 Å². The Bertz CT molecular complexity index is 368. The zero-order chi connectivity index (χ0) is 13.1. The molecule has 1 heterocycles. The van der Waals surface area contributed by atoms with E-state index in [0.29, 0.717) is 6.54 Å². The fraction of sp³-hybridized carbons (Fsp3) is 0.889. The molecule has 17 heavy (non-hydrogen) atoms. The Balaban J connectivity index is 2.62. The molecule has 0 aromatic rings. The van der Waals surface area contributed by atoms with Crippen LogP contribution in [0.3, 0.4) is 0 Å². The van der Waals surface area contributed by atoms with Crippen LogP contribution in [0.1, 0.15) is 13.8 Å². The number of hydrogen-bond donors (Lipinski definition) is 3. The van der Waals surface area contributed by atoms with E-state index in [1.54, 1.807) is 0 Å². The SMILES string of the molecule is CC(C)CNS(=O)(=O)N1CCOC(C(=N)N)C1. The number of amidine groups is 1. The van der Waals surface area contributed by atoms with E-state index in [0.717, 1.165) is 0 Å². The van der Waals surface area contributed by atoms with E-state index in [1.807, 2.05) is 13.8 Å². The number of nitrogens with two attached hydrogens (primary N) is 1. The van der Waals surface area contributed by atoms with Gasteiger partial charge < -0.3 is 10.5 Å². The van der Waals surface area contributed by atoms with E-state index in [1.165, 1.54) is 4.31 Å². The van der Waals surface area contributed by atoms with Gasteiger partial charge in [-0.25, -0.2) is 4.72 Å². The van der Waals surface area contributed by atoms with Crippen molar-refractivity contribution in [2.24, 2.45) is 11.7 Å². The van der Waals surface area contributed by atoms with Gasteiger partial charge >= 0.3 is 0 Å². The van der Waals surface area contributed by atoms with Crippen LogP contribution in [-0.4, -0.2) is 50.9 Å². The van der Waals surface area contributed by atoms with Gasteiger partial charge in [-0.3, -0.25) is 5.41 Å². The molecule has 1 saturated heterocycles. The van der Waals surface area contributed by atoms with E-state index in [2.05, 4.69) is 4.72 Å². The van der Waals surface area contributed by atoms with Crippen LogP contribution in [0, 0.1) is 11.3 Å². The van der Waals surface area contributed by atoms with Crippen LogP contribution in [0.25, 0.3) is 0 Å². The first-order valence-electron chi connectivity index (χ1n) is 5.53. The number of hydrogen-bond acceptors (Lipinski definition) is 4. The summed E-state index contributed by atoms with van der Waals surface area (Å²) in [7, 11) is -3.49. The minimum absolute atomic E-state index is 0.1000.